The summed E-state index contributed by atoms with van der Waals surface area (Å²) in [7, 11) is -0.494. The molecule has 0 aliphatic carbocycles. The van der Waals surface area contributed by atoms with Crippen LogP contribution in [-0.2, 0) is 35.1 Å². The summed E-state index contributed by atoms with van der Waals surface area (Å²) >= 11 is 1.44. The van der Waals surface area contributed by atoms with E-state index in [1.54, 1.807) is 18.3 Å². The molecule has 5 rings (SSSR count). The lowest BCUT2D eigenvalue weighted by molar-refractivity contribution is -0.0271. The molecule has 1 aliphatic rings. The molecule has 2 N–H and O–H groups in total. The number of hydrogen-bond acceptors (Lipinski definition) is 9. The van der Waals surface area contributed by atoms with Gasteiger partial charge in [0.1, 0.15) is 18.2 Å². The van der Waals surface area contributed by atoms with E-state index in [1.807, 2.05) is 58.2 Å². The van der Waals surface area contributed by atoms with E-state index in [1.165, 1.54) is 23.0 Å². The Morgan fingerprint density at radius 1 is 1.19 bits per heavy atom. The molecule has 53 heavy (non-hydrogen) atoms. The van der Waals surface area contributed by atoms with Gasteiger partial charge in [-0.2, -0.15) is 5.26 Å². The van der Waals surface area contributed by atoms with Crippen LogP contribution in [0.25, 0.3) is 16.6 Å². The molecular formula is C40H54FN7O3S2. The molecule has 1 unspecified atom stereocenters. The minimum atomic E-state index is -0.494. The second kappa shape index (κ2) is 18.9. The molecule has 4 aromatic rings. The van der Waals surface area contributed by atoms with Gasteiger partial charge in [-0.25, -0.2) is 14.4 Å². The van der Waals surface area contributed by atoms with Crippen molar-refractivity contribution in [3.05, 3.63) is 81.9 Å². The third-order valence-corrected chi connectivity index (χ3v) is 11.0. The number of carbonyl (C=O) groups is 1. The van der Waals surface area contributed by atoms with Gasteiger partial charge in [0, 0.05) is 54.9 Å². The third kappa shape index (κ3) is 11.8. The maximum atomic E-state index is 14.3. The third-order valence-electron chi connectivity index (χ3n) is 9.23. The Bertz CT molecular complexity index is 1960. The van der Waals surface area contributed by atoms with Gasteiger partial charge in [0.2, 0.25) is 0 Å². The van der Waals surface area contributed by atoms with E-state index in [-0.39, 0.29) is 23.7 Å². The lowest BCUT2D eigenvalue weighted by Crippen LogP contribution is -2.44. The van der Waals surface area contributed by atoms with E-state index >= 15 is 0 Å². The molecular weight excluding hydrogens is 710 g/mol. The van der Waals surface area contributed by atoms with Gasteiger partial charge < -0.3 is 19.4 Å². The SMILES string of the molecule is CC.CCC(C)(C)OCCC(C)(C)NC(=O)c1ccc2nc(CN3CC=C(c4cnc(OCc5ccc(C#N)cc5F)s4)CC3)n(CCS(C)=N)c2c1. The fourth-order valence-electron chi connectivity index (χ4n) is 5.66. The van der Waals surface area contributed by atoms with Gasteiger partial charge in [0.15, 0.2) is 0 Å². The topological polar surface area (TPSA) is 129 Å². The predicted octanol–water partition coefficient (Wildman–Crippen LogP) is 8.51. The van der Waals surface area contributed by atoms with E-state index < -0.39 is 22.0 Å². The number of aryl methyl sites for hydroxylation is 1. The van der Waals surface area contributed by atoms with Crippen molar-refractivity contribution in [3.8, 4) is 11.3 Å². The van der Waals surface area contributed by atoms with Crippen molar-refractivity contribution in [1.82, 2.24) is 24.8 Å². The number of thiazole rings is 1. The molecule has 1 amide bonds. The summed E-state index contributed by atoms with van der Waals surface area (Å²) in [6, 6.07) is 12.0. The Hall–Kier alpha value is -3.96. The van der Waals surface area contributed by atoms with Gasteiger partial charge in [0.05, 0.1) is 39.7 Å². The Kier molecular flexibility index (Phi) is 14.9. The van der Waals surface area contributed by atoms with Gasteiger partial charge in [-0.05, 0) is 89.1 Å². The number of hydrogen-bond donors (Lipinski definition) is 2. The van der Waals surface area contributed by atoms with E-state index in [0.717, 1.165) is 47.7 Å². The van der Waals surface area contributed by atoms with Crippen LogP contribution in [0.2, 0.25) is 0 Å². The molecule has 1 aliphatic heterocycles. The molecule has 10 nitrogen and oxygen atoms in total. The first kappa shape index (κ1) is 41.8. The molecule has 3 heterocycles. The first-order valence-corrected chi connectivity index (χ1v) is 20.9. The highest BCUT2D eigenvalue weighted by Crippen LogP contribution is 2.32. The van der Waals surface area contributed by atoms with Gasteiger partial charge in [-0.3, -0.25) is 14.5 Å². The standard InChI is InChI=1S/C38H48FN7O3S2.C2H6/c1-7-38(4,5)49-18-14-37(2,3)44-35(47)28-10-11-31-32(21-28)46(17-19-51(6)41)34(43-31)24-45-15-12-27(13-16-45)33-23-42-36(50-33)48-25-29-9-8-26(22-40)20-30(29)39;1-2/h8-12,20-21,23,41H,7,13-19,24-25H2,1-6H3,(H,44,47);1-2H3. The fourth-order valence-corrected chi connectivity index (χ4v) is 6.95. The van der Waals surface area contributed by atoms with Crippen LogP contribution in [0.1, 0.15) is 99.9 Å². The summed E-state index contributed by atoms with van der Waals surface area (Å²) in [6.07, 6.45) is 8.37. The Morgan fingerprint density at radius 2 is 1.96 bits per heavy atom. The number of amides is 1. The number of benzene rings is 2. The van der Waals surface area contributed by atoms with Gasteiger partial charge in [-0.15, -0.1) is 10.7 Å². The molecule has 286 valence electrons. The van der Waals surface area contributed by atoms with Crippen LogP contribution in [0.4, 0.5) is 4.39 Å². The number of carbonyl (C=O) groups excluding carboxylic acids is 1. The minimum Gasteiger partial charge on any atom is -0.465 e. The maximum absolute atomic E-state index is 14.3. The second-order valence-corrected chi connectivity index (χ2v) is 16.9. The van der Waals surface area contributed by atoms with Crippen molar-refractivity contribution in [2.75, 3.05) is 31.7 Å². The monoisotopic (exact) mass is 763 g/mol. The van der Waals surface area contributed by atoms with Crippen LogP contribution in [0.5, 0.6) is 5.19 Å². The number of nitrogens with one attached hydrogen (secondary N) is 2. The number of rotatable bonds is 16. The van der Waals surface area contributed by atoms with Crippen LogP contribution in [0, 0.1) is 21.9 Å². The normalized spacial score (nSPS) is 14.2. The maximum Gasteiger partial charge on any atom is 0.274 e. The fraction of sp³-hybridized carbons (Fsp3) is 0.500. The van der Waals surface area contributed by atoms with Crippen LogP contribution >= 0.6 is 11.3 Å². The highest BCUT2D eigenvalue weighted by molar-refractivity contribution is 7.85. The number of fused-ring (bicyclic) bond motifs is 1. The predicted molar refractivity (Wildman–Crippen MR) is 214 cm³/mol. The number of imidazole rings is 1. The van der Waals surface area contributed by atoms with Crippen molar-refractivity contribution in [1.29, 1.82) is 10.0 Å². The van der Waals surface area contributed by atoms with Gasteiger partial charge in [-0.1, -0.05) is 44.3 Å². The molecule has 0 radical (unpaired) electrons. The Morgan fingerprint density at radius 3 is 2.62 bits per heavy atom. The average Bonchev–Trinajstić information content (AvgIpc) is 3.75. The van der Waals surface area contributed by atoms with E-state index in [2.05, 4.69) is 46.6 Å². The van der Waals surface area contributed by atoms with Crippen LogP contribution in [0.15, 0.2) is 48.7 Å². The summed E-state index contributed by atoms with van der Waals surface area (Å²) in [6.45, 7) is 17.8. The van der Waals surface area contributed by atoms with E-state index in [0.29, 0.717) is 48.2 Å². The number of ether oxygens (including phenoxy) is 2. The van der Waals surface area contributed by atoms with E-state index in [9.17, 15) is 9.18 Å². The number of aromatic nitrogens is 3. The van der Waals surface area contributed by atoms with Crippen molar-refractivity contribution >= 4 is 44.5 Å². The summed E-state index contributed by atoms with van der Waals surface area (Å²) in [5, 5.41) is 12.6. The lowest BCUT2D eigenvalue weighted by atomic mass is 9.99. The second-order valence-electron chi connectivity index (χ2n) is 14.2. The first-order valence-electron chi connectivity index (χ1n) is 18.2. The molecule has 13 heteroatoms. The zero-order valence-corrected chi connectivity index (χ0v) is 34.0. The van der Waals surface area contributed by atoms with Crippen molar-refractivity contribution in [3.63, 3.8) is 0 Å². The van der Waals surface area contributed by atoms with Crippen LogP contribution in [0.3, 0.4) is 0 Å². The molecule has 2 aromatic heterocycles. The average molecular weight is 764 g/mol. The number of halogens is 1. The Balaban J connectivity index is 0.00000308. The zero-order valence-electron chi connectivity index (χ0n) is 32.3. The van der Waals surface area contributed by atoms with Crippen molar-refractivity contribution < 1.29 is 18.7 Å². The molecule has 0 fully saturated rings. The smallest absolute Gasteiger partial charge is 0.274 e. The molecule has 0 saturated carbocycles. The molecule has 0 spiro atoms. The summed E-state index contributed by atoms with van der Waals surface area (Å²) in [5.41, 5.74) is 3.53. The van der Waals surface area contributed by atoms with Gasteiger partial charge in [0.25, 0.3) is 11.1 Å². The lowest BCUT2D eigenvalue weighted by Gasteiger charge is -2.29. The first-order chi connectivity index (χ1) is 25.3. The highest BCUT2D eigenvalue weighted by Gasteiger charge is 2.25. The summed E-state index contributed by atoms with van der Waals surface area (Å²) in [4.78, 5) is 26.2. The molecule has 1 atom stereocenters. The zero-order chi connectivity index (χ0) is 38.8. The quantitative estimate of drug-likeness (QED) is 0.117. The van der Waals surface area contributed by atoms with Crippen molar-refractivity contribution in [2.24, 2.45) is 0 Å². The van der Waals surface area contributed by atoms with Crippen LogP contribution in [-0.4, -0.2) is 68.2 Å². The molecule has 0 saturated heterocycles. The number of nitriles is 1. The largest absolute Gasteiger partial charge is 0.465 e. The molecule has 0 bridgehead atoms. The summed E-state index contributed by atoms with van der Waals surface area (Å²) < 4.78 is 36.4. The van der Waals surface area contributed by atoms with Crippen molar-refractivity contribution in [2.45, 2.75) is 98.6 Å². The van der Waals surface area contributed by atoms with E-state index in [4.69, 9.17) is 24.5 Å². The van der Waals surface area contributed by atoms with Gasteiger partial charge >= 0.3 is 0 Å². The number of nitrogens with zero attached hydrogens (tertiary/aromatic N) is 5. The highest BCUT2D eigenvalue weighted by atomic mass is 32.2. The summed E-state index contributed by atoms with van der Waals surface area (Å²) in [5.74, 6) is 1.02. The Labute approximate surface area is 320 Å². The molecule has 2 aromatic carbocycles. The van der Waals surface area contributed by atoms with Crippen LogP contribution < -0.4 is 10.1 Å². The minimum absolute atomic E-state index is 0.0368.